The molecule has 0 aliphatic rings. The van der Waals surface area contributed by atoms with E-state index < -0.39 is 0 Å². The van der Waals surface area contributed by atoms with Gasteiger partial charge in [-0.2, -0.15) is 0 Å². The molecule has 0 aliphatic carbocycles. The zero-order chi connectivity index (χ0) is 16.8. The zero-order valence-corrected chi connectivity index (χ0v) is 14.7. The molecule has 2 rings (SSSR count). The molecular weight excluding hydrogens is 333 g/mol. The third kappa shape index (κ3) is 5.15. The van der Waals surface area contributed by atoms with Gasteiger partial charge in [0.05, 0.1) is 17.8 Å². The Kier molecular flexibility index (Phi) is 6.31. The van der Waals surface area contributed by atoms with Crippen molar-refractivity contribution < 1.29 is 9.53 Å². The molecule has 0 unspecified atom stereocenters. The van der Waals surface area contributed by atoms with Gasteiger partial charge in [0.15, 0.2) is 0 Å². The van der Waals surface area contributed by atoms with Crippen LogP contribution in [0.2, 0.25) is 10.0 Å². The number of hydrogen-bond acceptors (Lipinski definition) is 2. The summed E-state index contributed by atoms with van der Waals surface area (Å²) < 4.78 is 5.19. The maximum absolute atomic E-state index is 12.0. The highest BCUT2D eigenvalue weighted by Gasteiger charge is 2.07. The van der Waals surface area contributed by atoms with Gasteiger partial charge in [0, 0.05) is 11.4 Å². The number of amides is 1. The summed E-state index contributed by atoms with van der Waals surface area (Å²) in [5.41, 5.74) is 2.94. The summed E-state index contributed by atoms with van der Waals surface area (Å²) in [5.74, 6) is 0.778. The molecule has 3 nitrogen and oxygen atoms in total. The molecule has 0 saturated carbocycles. The Balaban J connectivity index is 1.86. The third-order valence-corrected chi connectivity index (χ3v) is 4.17. The van der Waals surface area contributed by atoms with Gasteiger partial charge >= 0.3 is 0 Å². The van der Waals surface area contributed by atoms with Crippen LogP contribution >= 0.6 is 23.2 Å². The molecule has 0 aliphatic heterocycles. The average molecular weight is 352 g/mol. The largest absolute Gasteiger partial charge is 0.497 e. The van der Waals surface area contributed by atoms with Crippen molar-refractivity contribution >= 4 is 34.8 Å². The topological polar surface area (TPSA) is 38.3 Å². The molecule has 0 aromatic heterocycles. The highest BCUT2D eigenvalue weighted by molar-refractivity contribution is 6.35. The molecule has 0 fully saturated rings. The predicted molar refractivity (Wildman–Crippen MR) is 95.8 cm³/mol. The van der Waals surface area contributed by atoms with E-state index in [4.69, 9.17) is 27.9 Å². The molecule has 1 N–H and O–H groups in total. The summed E-state index contributed by atoms with van der Waals surface area (Å²) in [5, 5.41) is 3.82. The van der Waals surface area contributed by atoms with Crippen molar-refractivity contribution in [3.63, 3.8) is 0 Å². The number of carbonyl (C=O) groups is 1. The first-order chi connectivity index (χ1) is 11.0. The van der Waals surface area contributed by atoms with Crippen LogP contribution in [0.15, 0.2) is 36.4 Å². The number of halogens is 2. The second-order valence-electron chi connectivity index (χ2n) is 5.32. The van der Waals surface area contributed by atoms with E-state index in [1.54, 1.807) is 25.3 Å². The number of aryl methyl sites for hydroxylation is 2. The van der Waals surface area contributed by atoms with E-state index in [0.717, 1.165) is 18.6 Å². The fourth-order valence-corrected chi connectivity index (χ4v) is 2.66. The van der Waals surface area contributed by atoms with Crippen LogP contribution in [0, 0.1) is 6.92 Å². The summed E-state index contributed by atoms with van der Waals surface area (Å²) in [4.78, 5) is 12.0. The van der Waals surface area contributed by atoms with Crippen LogP contribution in [-0.2, 0) is 11.2 Å². The number of methoxy groups -OCH3 is 1. The average Bonchev–Trinajstić information content (AvgIpc) is 2.52. The molecule has 0 radical (unpaired) electrons. The first-order valence-corrected chi connectivity index (χ1v) is 8.13. The van der Waals surface area contributed by atoms with Crippen LogP contribution in [0.4, 0.5) is 5.69 Å². The minimum Gasteiger partial charge on any atom is -0.497 e. The van der Waals surface area contributed by atoms with Crippen LogP contribution in [0.5, 0.6) is 5.75 Å². The van der Waals surface area contributed by atoms with E-state index in [-0.39, 0.29) is 5.91 Å². The highest BCUT2D eigenvalue weighted by Crippen LogP contribution is 2.25. The van der Waals surface area contributed by atoms with Crippen LogP contribution in [0.1, 0.15) is 24.0 Å². The maximum atomic E-state index is 12.0. The van der Waals surface area contributed by atoms with E-state index in [0.29, 0.717) is 22.2 Å². The van der Waals surface area contributed by atoms with Gasteiger partial charge in [-0.3, -0.25) is 4.79 Å². The van der Waals surface area contributed by atoms with Crippen molar-refractivity contribution in [3.8, 4) is 5.75 Å². The van der Waals surface area contributed by atoms with Crippen molar-refractivity contribution in [1.29, 1.82) is 0 Å². The molecule has 0 bridgehead atoms. The molecule has 1 amide bonds. The molecule has 2 aromatic carbocycles. The second-order valence-corrected chi connectivity index (χ2v) is 6.16. The minimum atomic E-state index is -0.0691. The molecule has 2 aromatic rings. The molecule has 5 heteroatoms. The van der Waals surface area contributed by atoms with Crippen molar-refractivity contribution in [2.24, 2.45) is 0 Å². The van der Waals surface area contributed by atoms with Crippen molar-refractivity contribution in [3.05, 3.63) is 57.6 Å². The second kappa shape index (κ2) is 8.23. The zero-order valence-electron chi connectivity index (χ0n) is 13.2. The normalized spacial score (nSPS) is 10.4. The Morgan fingerprint density at radius 1 is 1.17 bits per heavy atom. The Hall–Kier alpha value is -1.71. The lowest BCUT2D eigenvalue weighted by molar-refractivity contribution is -0.116. The molecule has 0 heterocycles. The molecule has 23 heavy (non-hydrogen) atoms. The number of ether oxygens (including phenoxy) is 1. The molecule has 0 spiro atoms. The van der Waals surface area contributed by atoms with Crippen LogP contribution < -0.4 is 10.1 Å². The van der Waals surface area contributed by atoms with Crippen LogP contribution in [0.3, 0.4) is 0 Å². The predicted octanol–water partition coefficient (Wildman–Crippen LogP) is 5.27. The molecule has 122 valence electrons. The van der Waals surface area contributed by atoms with Gasteiger partial charge in [-0.15, -0.1) is 0 Å². The summed E-state index contributed by atoms with van der Waals surface area (Å²) in [6, 6.07) is 11.0. The van der Waals surface area contributed by atoms with Crippen LogP contribution in [0.25, 0.3) is 0 Å². The van der Waals surface area contributed by atoms with Gasteiger partial charge < -0.3 is 10.1 Å². The van der Waals surface area contributed by atoms with Crippen molar-refractivity contribution in [2.45, 2.75) is 26.2 Å². The monoisotopic (exact) mass is 351 g/mol. The fraction of sp³-hybridized carbons (Fsp3) is 0.278. The van der Waals surface area contributed by atoms with Gasteiger partial charge in [-0.1, -0.05) is 29.3 Å². The van der Waals surface area contributed by atoms with Crippen LogP contribution in [-0.4, -0.2) is 13.0 Å². The minimum absolute atomic E-state index is 0.0691. The smallest absolute Gasteiger partial charge is 0.224 e. The van der Waals surface area contributed by atoms with Crippen molar-refractivity contribution in [2.75, 3.05) is 12.4 Å². The third-order valence-electron chi connectivity index (χ3n) is 3.60. The Labute approximate surface area is 146 Å². The van der Waals surface area contributed by atoms with E-state index in [1.165, 1.54) is 11.1 Å². The lowest BCUT2D eigenvalue weighted by Gasteiger charge is -2.09. The first-order valence-electron chi connectivity index (χ1n) is 7.38. The summed E-state index contributed by atoms with van der Waals surface area (Å²) in [6.07, 6.45) is 2.03. The summed E-state index contributed by atoms with van der Waals surface area (Å²) >= 11 is 11.9. The summed E-state index contributed by atoms with van der Waals surface area (Å²) in [6.45, 7) is 2.05. The Morgan fingerprint density at radius 2 is 1.96 bits per heavy atom. The fourth-order valence-electron chi connectivity index (χ4n) is 2.32. The molecule has 0 atom stereocenters. The first kappa shape index (κ1) is 17.6. The number of rotatable bonds is 6. The Bertz CT molecular complexity index is 701. The number of carbonyl (C=O) groups excluding carboxylic acids is 1. The van der Waals surface area contributed by atoms with E-state index in [1.807, 2.05) is 25.1 Å². The van der Waals surface area contributed by atoms with E-state index in [9.17, 15) is 4.79 Å². The van der Waals surface area contributed by atoms with Gasteiger partial charge in [0.2, 0.25) is 5.91 Å². The SMILES string of the molecule is COc1ccc(CCCC(=O)Nc2cc(Cl)ccc2Cl)c(C)c1. The number of anilines is 1. The number of nitrogens with one attached hydrogen (secondary N) is 1. The highest BCUT2D eigenvalue weighted by atomic mass is 35.5. The standard InChI is InChI=1S/C18H19Cl2NO2/c1-12-10-15(23-2)8-6-13(12)4-3-5-18(22)21-17-11-14(19)7-9-16(17)20/h6-11H,3-5H2,1-2H3,(H,21,22). The quantitative estimate of drug-likeness (QED) is 0.769. The maximum Gasteiger partial charge on any atom is 0.224 e. The number of hydrogen-bond donors (Lipinski definition) is 1. The number of benzene rings is 2. The van der Waals surface area contributed by atoms with Crippen molar-refractivity contribution in [1.82, 2.24) is 0 Å². The Morgan fingerprint density at radius 3 is 2.65 bits per heavy atom. The molecule has 0 saturated heterocycles. The summed E-state index contributed by atoms with van der Waals surface area (Å²) in [7, 11) is 1.65. The van der Waals surface area contributed by atoms with E-state index in [2.05, 4.69) is 5.32 Å². The van der Waals surface area contributed by atoms with Gasteiger partial charge in [-0.05, 0) is 61.2 Å². The lowest BCUT2D eigenvalue weighted by Crippen LogP contribution is -2.12. The van der Waals surface area contributed by atoms with Gasteiger partial charge in [0.25, 0.3) is 0 Å². The van der Waals surface area contributed by atoms with Gasteiger partial charge in [-0.25, -0.2) is 0 Å². The molecular formula is C18H19Cl2NO2. The lowest BCUT2D eigenvalue weighted by atomic mass is 10.0. The van der Waals surface area contributed by atoms with Gasteiger partial charge in [0.1, 0.15) is 5.75 Å². The van der Waals surface area contributed by atoms with E-state index >= 15 is 0 Å².